The Kier molecular flexibility index (Phi) is 4.63. The van der Waals surface area contributed by atoms with E-state index in [0.717, 1.165) is 43.0 Å². The predicted molar refractivity (Wildman–Crippen MR) is 83.8 cm³/mol. The van der Waals surface area contributed by atoms with E-state index in [1.807, 2.05) is 12.4 Å². The van der Waals surface area contributed by atoms with Crippen molar-refractivity contribution < 1.29 is 0 Å². The summed E-state index contributed by atoms with van der Waals surface area (Å²) in [4.78, 5) is 11.5. The normalized spacial score (nSPS) is 23.9. The fraction of sp³-hybridized carbons (Fsp3) is 0.750. The molecule has 1 aliphatic heterocycles. The lowest BCUT2D eigenvalue weighted by Crippen LogP contribution is -2.39. The van der Waals surface area contributed by atoms with E-state index in [-0.39, 0.29) is 5.54 Å². The highest BCUT2D eigenvalue weighted by Crippen LogP contribution is 2.24. The standard InChI is InChI=1S/C16H28N4/c1-12-6-13(2)11-20(10-12)15-9-17-7-14(19-15)8-18-16(3,4)5/h7,9,12-13,18H,6,8,10-11H2,1-5H3. The van der Waals surface area contributed by atoms with Crippen LogP contribution in [0.25, 0.3) is 0 Å². The number of rotatable bonds is 3. The van der Waals surface area contributed by atoms with Gasteiger partial charge in [-0.25, -0.2) is 4.98 Å². The molecule has 0 radical (unpaired) electrons. The Morgan fingerprint density at radius 3 is 2.45 bits per heavy atom. The second-order valence-corrected chi connectivity index (χ2v) is 7.32. The second kappa shape index (κ2) is 6.08. The molecule has 4 nitrogen and oxygen atoms in total. The van der Waals surface area contributed by atoms with Gasteiger partial charge in [-0.2, -0.15) is 0 Å². The fourth-order valence-electron chi connectivity index (χ4n) is 2.84. The van der Waals surface area contributed by atoms with Gasteiger partial charge in [-0.15, -0.1) is 0 Å². The molecule has 1 aromatic rings. The lowest BCUT2D eigenvalue weighted by molar-refractivity contribution is 0.355. The quantitative estimate of drug-likeness (QED) is 0.921. The molecule has 0 aliphatic carbocycles. The number of nitrogens with one attached hydrogen (secondary N) is 1. The Morgan fingerprint density at radius 2 is 1.85 bits per heavy atom. The average molecular weight is 276 g/mol. The van der Waals surface area contributed by atoms with Crippen molar-refractivity contribution in [2.75, 3.05) is 18.0 Å². The van der Waals surface area contributed by atoms with Gasteiger partial charge in [-0.1, -0.05) is 13.8 Å². The molecule has 4 heteroatoms. The maximum atomic E-state index is 4.77. The van der Waals surface area contributed by atoms with Crippen LogP contribution in [0.2, 0.25) is 0 Å². The Balaban J connectivity index is 2.05. The summed E-state index contributed by atoms with van der Waals surface area (Å²) in [6.45, 7) is 14.1. The summed E-state index contributed by atoms with van der Waals surface area (Å²) in [5.41, 5.74) is 1.12. The molecule has 2 unspecified atom stereocenters. The number of hydrogen-bond donors (Lipinski definition) is 1. The van der Waals surface area contributed by atoms with Crippen LogP contribution in [0, 0.1) is 11.8 Å². The summed E-state index contributed by atoms with van der Waals surface area (Å²) < 4.78 is 0. The van der Waals surface area contributed by atoms with Crippen LogP contribution in [0.5, 0.6) is 0 Å². The monoisotopic (exact) mass is 276 g/mol. The second-order valence-electron chi connectivity index (χ2n) is 7.32. The van der Waals surface area contributed by atoms with Crippen molar-refractivity contribution in [2.24, 2.45) is 11.8 Å². The van der Waals surface area contributed by atoms with Crippen LogP contribution < -0.4 is 10.2 Å². The number of hydrogen-bond acceptors (Lipinski definition) is 4. The summed E-state index contributed by atoms with van der Waals surface area (Å²) in [5, 5.41) is 3.46. The van der Waals surface area contributed by atoms with E-state index in [9.17, 15) is 0 Å². The maximum absolute atomic E-state index is 4.77. The molecule has 1 fully saturated rings. The number of piperidine rings is 1. The van der Waals surface area contributed by atoms with Crippen LogP contribution in [0.1, 0.15) is 46.7 Å². The first-order valence-corrected chi connectivity index (χ1v) is 7.64. The highest BCUT2D eigenvalue weighted by Gasteiger charge is 2.23. The van der Waals surface area contributed by atoms with Crippen molar-refractivity contribution in [1.29, 1.82) is 0 Å². The van der Waals surface area contributed by atoms with Crippen LogP contribution in [-0.4, -0.2) is 28.6 Å². The van der Waals surface area contributed by atoms with E-state index in [0.29, 0.717) is 0 Å². The van der Waals surface area contributed by atoms with Crippen molar-refractivity contribution in [3.05, 3.63) is 18.1 Å². The van der Waals surface area contributed by atoms with Gasteiger partial charge < -0.3 is 10.2 Å². The third-order valence-electron chi connectivity index (χ3n) is 3.66. The van der Waals surface area contributed by atoms with Crippen molar-refractivity contribution >= 4 is 5.82 Å². The van der Waals surface area contributed by atoms with E-state index < -0.39 is 0 Å². The molecule has 1 N–H and O–H groups in total. The minimum absolute atomic E-state index is 0.103. The highest BCUT2D eigenvalue weighted by molar-refractivity contribution is 5.37. The zero-order valence-corrected chi connectivity index (χ0v) is 13.5. The molecule has 2 atom stereocenters. The smallest absolute Gasteiger partial charge is 0.147 e. The molecule has 0 bridgehead atoms. The predicted octanol–water partition coefficient (Wildman–Crippen LogP) is 2.85. The largest absolute Gasteiger partial charge is 0.355 e. The van der Waals surface area contributed by atoms with Gasteiger partial charge in [0.15, 0.2) is 0 Å². The Bertz CT molecular complexity index is 428. The Labute approximate surface area is 123 Å². The van der Waals surface area contributed by atoms with Crippen molar-refractivity contribution in [2.45, 2.75) is 53.1 Å². The summed E-state index contributed by atoms with van der Waals surface area (Å²) in [7, 11) is 0. The van der Waals surface area contributed by atoms with Gasteiger partial charge in [0.2, 0.25) is 0 Å². The Morgan fingerprint density at radius 1 is 1.20 bits per heavy atom. The molecule has 1 aliphatic rings. The lowest BCUT2D eigenvalue weighted by atomic mass is 9.92. The summed E-state index contributed by atoms with van der Waals surface area (Å²) in [6.07, 6.45) is 5.07. The van der Waals surface area contributed by atoms with Crippen LogP contribution in [-0.2, 0) is 6.54 Å². The van der Waals surface area contributed by atoms with Crippen LogP contribution in [0.15, 0.2) is 12.4 Å². The first-order valence-electron chi connectivity index (χ1n) is 7.64. The van der Waals surface area contributed by atoms with Crippen LogP contribution >= 0.6 is 0 Å². The van der Waals surface area contributed by atoms with E-state index in [1.54, 1.807) is 0 Å². The van der Waals surface area contributed by atoms with Crippen LogP contribution in [0.4, 0.5) is 5.82 Å². The van der Waals surface area contributed by atoms with Gasteiger partial charge in [-0.3, -0.25) is 4.98 Å². The minimum Gasteiger partial charge on any atom is -0.355 e. The third kappa shape index (κ3) is 4.44. The van der Waals surface area contributed by atoms with Gasteiger partial charge in [0, 0.05) is 31.4 Å². The van der Waals surface area contributed by atoms with Crippen molar-refractivity contribution in [1.82, 2.24) is 15.3 Å². The molecule has 112 valence electrons. The van der Waals surface area contributed by atoms with E-state index in [1.165, 1.54) is 6.42 Å². The molecule has 0 spiro atoms. The highest BCUT2D eigenvalue weighted by atomic mass is 15.2. The molecule has 0 amide bonds. The van der Waals surface area contributed by atoms with Crippen LogP contribution in [0.3, 0.4) is 0 Å². The average Bonchev–Trinajstić information content (AvgIpc) is 2.35. The lowest BCUT2D eigenvalue weighted by Gasteiger charge is -2.35. The van der Waals surface area contributed by atoms with Crippen molar-refractivity contribution in [3.63, 3.8) is 0 Å². The topological polar surface area (TPSA) is 41.1 Å². The van der Waals surface area contributed by atoms with Gasteiger partial charge >= 0.3 is 0 Å². The molecule has 0 aromatic carbocycles. The van der Waals surface area contributed by atoms with E-state index >= 15 is 0 Å². The number of aromatic nitrogens is 2. The zero-order valence-electron chi connectivity index (χ0n) is 13.5. The molecule has 1 saturated heterocycles. The summed E-state index contributed by atoms with van der Waals surface area (Å²) in [5.74, 6) is 2.49. The van der Waals surface area contributed by atoms with Crippen molar-refractivity contribution in [3.8, 4) is 0 Å². The first-order chi connectivity index (χ1) is 9.33. The zero-order chi connectivity index (χ0) is 14.8. The molecule has 1 aromatic heterocycles. The van der Waals surface area contributed by atoms with Gasteiger partial charge in [-0.05, 0) is 39.0 Å². The number of anilines is 1. The van der Waals surface area contributed by atoms with Gasteiger partial charge in [0.1, 0.15) is 5.82 Å². The summed E-state index contributed by atoms with van der Waals surface area (Å²) >= 11 is 0. The maximum Gasteiger partial charge on any atom is 0.147 e. The van der Waals surface area contributed by atoms with E-state index in [2.05, 4.69) is 49.8 Å². The minimum atomic E-state index is 0.103. The van der Waals surface area contributed by atoms with E-state index in [4.69, 9.17) is 4.98 Å². The Hall–Kier alpha value is -1.16. The molecular formula is C16H28N4. The molecule has 20 heavy (non-hydrogen) atoms. The van der Waals surface area contributed by atoms with Gasteiger partial charge in [0.05, 0.1) is 11.9 Å². The summed E-state index contributed by atoms with van der Waals surface area (Å²) in [6, 6.07) is 0. The molecular weight excluding hydrogens is 248 g/mol. The molecule has 0 saturated carbocycles. The molecule has 2 heterocycles. The number of nitrogens with zero attached hydrogens (tertiary/aromatic N) is 3. The van der Waals surface area contributed by atoms with Gasteiger partial charge in [0.25, 0.3) is 0 Å². The SMILES string of the molecule is CC1CC(C)CN(c2cncc(CNC(C)(C)C)n2)C1. The first kappa shape index (κ1) is 15.2. The third-order valence-corrected chi connectivity index (χ3v) is 3.66. The fourth-order valence-corrected chi connectivity index (χ4v) is 2.84. The molecule has 2 rings (SSSR count).